The van der Waals surface area contributed by atoms with Crippen LogP contribution < -0.4 is 10.1 Å². The SMILES string of the molecule is Cc1ccccc1OCC(=O)N(Cc1ccccc1Cl)[C@@H](Cc1ccccc1)C(=O)NCC(C)C. The predicted octanol–water partition coefficient (Wildman–Crippen LogP) is 5.44. The number of halogens is 1. The average molecular weight is 493 g/mol. The fraction of sp³-hybridized carbons (Fsp3) is 0.310. The van der Waals surface area contributed by atoms with E-state index in [0.29, 0.717) is 23.7 Å². The van der Waals surface area contributed by atoms with Gasteiger partial charge < -0.3 is 15.0 Å². The van der Waals surface area contributed by atoms with Crippen molar-refractivity contribution in [1.82, 2.24) is 10.2 Å². The molecule has 1 atom stereocenters. The first kappa shape index (κ1) is 26.3. The Morgan fingerprint density at radius 2 is 1.60 bits per heavy atom. The highest BCUT2D eigenvalue weighted by atomic mass is 35.5. The zero-order chi connectivity index (χ0) is 25.2. The lowest BCUT2D eigenvalue weighted by Gasteiger charge is -2.32. The van der Waals surface area contributed by atoms with Gasteiger partial charge in [0, 0.05) is 24.5 Å². The summed E-state index contributed by atoms with van der Waals surface area (Å²) < 4.78 is 5.87. The molecule has 0 spiro atoms. The Morgan fingerprint density at radius 3 is 2.29 bits per heavy atom. The van der Waals surface area contributed by atoms with Crippen molar-refractivity contribution in [1.29, 1.82) is 0 Å². The third-order valence-electron chi connectivity index (χ3n) is 5.70. The maximum absolute atomic E-state index is 13.6. The zero-order valence-corrected chi connectivity index (χ0v) is 21.3. The molecule has 0 aliphatic carbocycles. The first-order chi connectivity index (χ1) is 16.8. The second-order valence-electron chi connectivity index (χ2n) is 9.01. The van der Waals surface area contributed by atoms with Crippen LogP contribution in [0.2, 0.25) is 5.02 Å². The predicted molar refractivity (Wildman–Crippen MR) is 140 cm³/mol. The molecule has 35 heavy (non-hydrogen) atoms. The van der Waals surface area contributed by atoms with Gasteiger partial charge in [0.2, 0.25) is 5.91 Å². The Bertz CT molecular complexity index is 1120. The summed E-state index contributed by atoms with van der Waals surface area (Å²) in [7, 11) is 0. The number of rotatable bonds is 11. The molecule has 2 amide bonds. The number of carbonyl (C=O) groups is 2. The maximum atomic E-state index is 13.6. The molecule has 0 radical (unpaired) electrons. The third-order valence-corrected chi connectivity index (χ3v) is 6.07. The summed E-state index contributed by atoms with van der Waals surface area (Å²) in [5.74, 6) is 0.448. The number of benzene rings is 3. The average Bonchev–Trinajstić information content (AvgIpc) is 2.85. The van der Waals surface area contributed by atoms with Crippen molar-refractivity contribution in [3.8, 4) is 5.75 Å². The lowest BCUT2D eigenvalue weighted by Crippen LogP contribution is -2.52. The smallest absolute Gasteiger partial charge is 0.261 e. The molecule has 0 saturated heterocycles. The van der Waals surface area contributed by atoms with E-state index >= 15 is 0 Å². The van der Waals surface area contributed by atoms with E-state index in [1.165, 1.54) is 0 Å². The summed E-state index contributed by atoms with van der Waals surface area (Å²) >= 11 is 6.44. The van der Waals surface area contributed by atoms with Gasteiger partial charge >= 0.3 is 0 Å². The van der Waals surface area contributed by atoms with Gasteiger partial charge in [0.1, 0.15) is 11.8 Å². The fourth-order valence-electron chi connectivity index (χ4n) is 3.73. The minimum Gasteiger partial charge on any atom is -0.484 e. The van der Waals surface area contributed by atoms with Gasteiger partial charge in [-0.2, -0.15) is 0 Å². The molecule has 0 bridgehead atoms. The number of carbonyl (C=O) groups excluding carboxylic acids is 2. The van der Waals surface area contributed by atoms with Gasteiger partial charge in [-0.3, -0.25) is 9.59 Å². The van der Waals surface area contributed by atoms with E-state index in [0.717, 1.165) is 16.7 Å². The van der Waals surface area contributed by atoms with Crippen LogP contribution in [-0.2, 0) is 22.6 Å². The molecule has 0 unspecified atom stereocenters. The minimum atomic E-state index is -0.722. The molecule has 0 fully saturated rings. The van der Waals surface area contributed by atoms with Gasteiger partial charge in [-0.25, -0.2) is 0 Å². The molecular formula is C29H33ClN2O3. The Balaban J connectivity index is 1.92. The van der Waals surface area contributed by atoms with Crippen molar-refractivity contribution in [3.63, 3.8) is 0 Å². The van der Waals surface area contributed by atoms with Gasteiger partial charge in [0.25, 0.3) is 5.91 Å². The van der Waals surface area contributed by atoms with Crippen molar-refractivity contribution >= 4 is 23.4 Å². The molecule has 0 aromatic heterocycles. The molecule has 3 aromatic carbocycles. The van der Waals surface area contributed by atoms with Gasteiger partial charge in [0.05, 0.1) is 0 Å². The van der Waals surface area contributed by atoms with Crippen LogP contribution in [0.3, 0.4) is 0 Å². The lowest BCUT2D eigenvalue weighted by molar-refractivity contribution is -0.142. The number of ether oxygens (including phenoxy) is 1. The number of para-hydroxylation sites is 1. The van der Waals surface area contributed by atoms with E-state index in [1.54, 1.807) is 11.0 Å². The number of nitrogens with one attached hydrogen (secondary N) is 1. The van der Waals surface area contributed by atoms with Crippen molar-refractivity contribution in [2.24, 2.45) is 5.92 Å². The molecule has 3 aromatic rings. The molecule has 0 aliphatic rings. The molecule has 184 valence electrons. The zero-order valence-electron chi connectivity index (χ0n) is 20.5. The van der Waals surface area contributed by atoms with Crippen LogP contribution in [-0.4, -0.2) is 35.9 Å². The van der Waals surface area contributed by atoms with Crippen molar-refractivity contribution in [3.05, 3.63) is 101 Å². The summed E-state index contributed by atoms with van der Waals surface area (Å²) in [6, 6.07) is 23.9. The maximum Gasteiger partial charge on any atom is 0.261 e. The largest absolute Gasteiger partial charge is 0.484 e. The molecule has 5 nitrogen and oxygen atoms in total. The number of nitrogens with zero attached hydrogens (tertiary/aromatic N) is 1. The Morgan fingerprint density at radius 1 is 0.943 bits per heavy atom. The van der Waals surface area contributed by atoms with Crippen molar-refractivity contribution in [2.45, 2.75) is 39.8 Å². The van der Waals surface area contributed by atoms with E-state index in [9.17, 15) is 9.59 Å². The van der Waals surface area contributed by atoms with E-state index < -0.39 is 6.04 Å². The minimum absolute atomic E-state index is 0.182. The summed E-state index contributed by atoms with van der Waals surface area (Å²) in [6.45, 7) is 6.54. The molecule has 0 aliphatic heterocycles. The van der Waals surface area contributed by atoms with Crippen LogP contribution >= 0.6 is 11.6 Å². The second-order valence-corrected chi connectivity index (χ2v) is 9.42. The van der Waals surface area contributed by atoms with Gasteiger partial charge in [-0.05, 0) is 41.7 Å². The fourth-order valence-corrected chi connectivity index (χ4v) is 3.92. The summed E-state index contributed by atoms with van der Waals surface area (Å²) in [6.07, 6.45) is 0.380. The molecule has 0 saturated carbocycles. The number of amides is 2. The van der Waals surface area contributed by atoms with Crippen molar-refractivity contribution in [2.75, 3.05) is 13.2 Å². The van der Waals surface area contributed by atoms with Crippen LogP contribution in [0, 0.1) is 12.8 Å². The topological polar surface area (TPSA) is 58.6 Å². The number of hydrogen-bond acceptors (Lipinski definition) is 3. The monoisotopic (exact) mass is 492 g/mol. The highest BCUT2D eigenvalue weighted by Crippen LogP contribution is 2.21. The second kappa shape index (κ2) is 13.0. The van der Waals surface area contributed by atoms with E-state index in [1.807, 2.05) is 93.6 Å². The Labute approximate surface area is 213 Å². The Hall–Kier alpha value is -3.31. The molecule has 3 rings (SSSR count). The van der Waals surface area contributed by atoms with Crippen LogP contribution in [0.25, 0.3) is 0 Å². The Kier molecular flexibility index (Phi) is 9.74. The normalized spacial score (nSPS) is 11.7. The van der Waals surface area contributed by atoms with Gasteiger partial charge in [0.15, 0.2) is 6.61 Å². The summed E-state index contributed by atoms with van der Waals surface area (Å²) in [5, 5.41) is 3.56. The highest BCUT2D eigenvalue weighted by Gasteiger charge is 2.31. The van der Waals surface area contributed by atoms with Crippen molar-refractivity contribution < 1.29 is 14.3 Å². The summed E-state index contributed by atoms with van der Waals surface area (Å²) in [4.78, 5) is 28.6. The standard InChI is InChI=1S/C29H33ClN2O3/c1-21(2)18-31-29(34)26(17-23-12-5-4-6-13-23)32(19-24-14-8-9-15-25(24)30)28(33)20-35-27-16-10-7-11-22(27)3/h4-16,21,26H,17-20H2,1-3H3,(H,31,34)/t26-/m0/s1. The molecular weight excluding hydrogens is 460 g/mol. The first-order valence-electron chi connectivity index (χ1n) is 11.9. The van der Waals surface area contributed by atoms with Crippen LogP contribution in [0.4, 0.5) is 0 Å². The number of aryl methyl sites for hydroxylation is 1. The quantitative estimate of drug-likeness (QED) is 0.387. The van der Waals surface area contributed by atoms with E-state index in [4.69, 9.17) is 16.3 Å². The number of hydrogen-bond donors (Lipinski definition) is 1. The van der Waals surface area contributed by atoms with Crippen LogP contribution in [0.1, 0.15) is 30.5 Å². The van der Waals surface area contributed by atoms with Gasteiger partial charge in [-0.1, -0.05) is 92.2 Å². The summed E-state index contributed by atoms with van der Waals surface area (Å²) in [5.41, 5.74) is 2.68. The first-order valence-corrected chi connectivity index (χ1v) is 12.3. The van der Waals surface area contributed by atoms with Crippen LogP contribution in [0.15, 0.2) is 78.9 Å². The van der Waals surface area contributed by atoms with E-state index in [2.05, 4.69) is 5.32 Å². The molecule has 0 heterocycles. The van der Waals surface area contributed by atoms with Gasteiger partial charge in [-0.15, -0.1) is 0 Å². The van der Waals surface area contributed by atoms with Crippen LogP contribution in [0.5, 0.6) is 5.75 Å². The highest BCUT2D eigenvalue weighted by molar-refractivity contribution is 6.31. The van der Waals surface area contributed by atoms with E-state index in [-0.39, 0.29) is 30.9 Å². The lowest BCUT2D eigenvalue weighted by atomic mass is 10.0. The molecule has 6 heteroatoms. The molecule has 1 N–H and O–H groups in total. The third kappa shape index (κ3) is 7.86.